The van der Waals surface area contributed by atoms with Crippen molar-refractivity contribution in [3.05, 3.63) is 65.2 Å². The minimum absolute atomic E-state index is 0.250. The van der Waals surface area contributed by atoms with Gasteiger partial charge >= 0.3 is 0 Å². The maximum Gasteiger partial charge on any atom is 0.290 e. The minimum Gasteiger partial charge on any atom is -0.486 e. The van der Waals surface area contributed by atoms with Gasteiger partial charge in [0.2, 0.25) is 5.89 Å². The number of benzene rings is 3. The van der Waals surface area contributed by atoms with Crippen LogP contribution >= 0.6 is 0 Å². The molecule has 3 aromatic carbocycles. The molecule has 3 heterocycles. The van der Waals surface area contributed by atoms with E-state index < -0.39 is 0 Å². The molecule has 0 radical (unpaired) electrons. The average Bonchev–Trinajstić information content (AvgIpc) is 3.38. The molecular weight excluding hydrogens is 482 g/mol. The first-order valence-corrected chi connectivity index (χ1v) is 12.7. The molecule has 1 N–H and O–H groups in total. The first-order valence-electron chi connectivity index (χ1n) is 12.7. The lowest BCUT2D eigenvalue weighted by atomic mass is 9.95. The molecule has 2 aliphatic rings. The van der Waals surface area contributed by atoms with Gasteiger partial charge in [0.15, 0.2) is 17.1 Å². The molecule has 0 bridgehead atoms. The number of hydrogen-bond donors (Lipinski definition) is 1. The van der Waals surface area contributed by atoms with E-state index in [4.69, 9.17) is 28.8 Å². The Balaban J connectivity index is 0.000000937. The van der Waals surface area contributed by atoms with Gasteiger partial charge in [-0.2, -0.15) is 5.26 Å². The van der Waals surface area contributed by atoms with Crippen LogP contribution in [0.1, 0.15) is 36.0 Å². The molecular formula is C30H29N3O5. The highest BCUT2D eigenvalue weighted by molar-refractivity contribution is 5.84. The molecule has 1 fully saturated rings. The summed E-state index contributed by atoms with van der Waals surface area (Å²) in [5.74, 6) is 1.89. The molecule has 1 saturated heterocycles. The summed E-state index contributed by atoms with van der Waals surface area (Å²) < 4.78 is 17.6. The van der Waals surface area contributed by atoms with Gasteiger partial charge in [0.1, 0.15) is 24.8 Å². The van der Waals surface area contributed by atoms with E-state index >= 15 is 0 Å². The van der Waals surface area contributed by atoms with Crippen molar-refractivity contribution in [2.24, 2.45) is 0 Å². The van der Waals surface area contributed by atoms with Crippen LogP contribution in [0.2, 0.25) is 0 Å². The van der Waals surface area contributed by atoms with Gasteiger partial charge in [0, 0.05) is 12.1 Å². The van der Waals surface area contributed by atoms with E-state index in [1.807, 2.05) is 36.4 Å². The lowest BCUT2D eigenvalue weighted by Gasteiger charge is -2.26. The minimum atomic E-state index is -0.250. The van der Waals surface area contributed by atoms with Gasteiger partial charge < -0.3 is 19.0 Å². The highest BCUT2D eigenvalue weighted by atomic mass is 16.6. The summed E-state index contributed by atoms with van der Waals surface area (Å²) in [4.78, 5) is 15.7. The Morgan fingerprint density at radius 1 is 1.03 bits per heavy atom. The van der Waals surface area contributed by atoms with Crippen molar-refractivity contribution in [2.45, 2.75) is 32.7 Å². The van der Waals surface area contributed by atoms with Gasteiger partial charge in [-0.25, -0.2) is 4.98 Å². The Hall–Kier alpha value is -4.35. The molecule has 0 amide bonds. The van der Waals surface area contributed by atoms with Gasteiger partial charge in [0.25, 0.3) is 6.47 Å². The molecule has 0 spiro atoms. The number of aryl methyl sites for hydroxylation is 1. The lowest BCUT2D eigenvalue weighted by Crippen LogP contribution is -2.29. The van der Waals surface area contributed by atoms with Crippen molar-refractivity contribution in [3.63, 3.8) is 0 Å². The summed E-state index contributed by atoms with van der Waals surface area (Å²) in [7, 11) is 0. The van der Waals surface area contributed by atoms with E-state index in [0.717, 1.165) is 53.2 Å². The van der Waals surface area contributed by atoms with Crippen molar-refractivity contribution < 1.29 is 23.8 Å². The standard InChI is InChI=1S/C29H27N3O3.CH2O2/c1-19-14-20(18-32-10-3-2-4-11-32)15-25-28(19)35-29(31-25)23-7-5-6-22(24(23)17-30)21-8-9-26-27(16-21)34-13-12-33-26;2-1-3/h5-9,14-16H,2-4,10-13,18H2,1H3;1H,(H,2,3). The molecule has 8 nitrogen and oxygen atoms in total. The first kappa shape index (κ1) is 25.3. The molecule has 194 valence electrons. The van der Waals surface area contributed by atoms with Crippen LogP contribution in [0.15, 0.2) is 52.9 Å². The third-order valence-corrected chi connectivity index (χ3v) is 6.85. The molecule has 4 aromatic rings. The number of likely N-dealkylation sites (tertiary alicyclic amines) is 1. The van der Waals surface area contributed by atoms with E-state index in [1.165, 1.54) is 24.8 Å². The van der Waals surface area contributed by atoms with Gasteiger partial charge in [-0.3, -0.25) is 9.69 Å². The first-order chi connectivity index (χ1) is 18.6. The maximum atomic E-state index is 10.1. The molecule has 2 aliphatic heterocycles. The Bertz CT molecular complexity index is 1500. The lowest BCUT2D eigenvalue weighted by molar-refractivity contribution is -0.122. The summed E-state index contributed by atoms with van der Waals surface area (Å²) in [6.45, 7) is 6.11. The SMILES string of the molecule is Cc1cc(CN2CCCCC2)cc2nc(-c3cccc(-c4ccc5c(c4)OCCO5)c3C#N)oc12.O=CO. The largest absolute Gasteiger partial charge is 0.486 e. The maximum absolute atomic E-state index is 10.1. The summed E-state index contributed by atoms with van der Waals surface area (Å²) in [5.41, 5.74) is 6.85. The fourth-order valence-electron chi connectivity index (χ4n) is 5.16. The molecule has 0 aliphatic carbocycles. The van der Waals surface area contributed by atoms with Crippen LogP contribution < -0.4 is 9.47 Å². The molecule has 8 heteroatoms. The van der Waals surface area contributed by atoms with E-state index in [0.29, 0.717) is 36.0 Å². The quantitative estimate of drug-likeness (QED) is 0.343. The topological polar surface area (TPSA) is 109 Å². The van der Waals surface area contributed by atoms with E-state index in [9.17, 15) is 5.26 Å². The van der Waals surface area contributed by atoms with Gasteiger partial charge in [-0.1, -0.05) is 30.7 Å². The molecule has 1 aromatic heterocycles. The second-order valence-electron chi connectivity index (χ2n) is 9.42. The molecule has 6 rings (SSSR count). The number of rotatable bonds is 4. The highest BCUT2D eigenvalue weighted by Crippen LogP contribution is 2.38. The van der Waals surface area contributed by atoms with Crippen LogP contribution in [-0.2, 0) is 11.3 Å². The summed E-state index contributed by atoms with van der Waals surface area (Å²) in [5, 5.41) is 17.0. The zero-order valence-electron chi connectivity index (χ0n) is 21.3. The van der Waals surface area contributed by atoms with Crippen molar-refractivity contribution in [3.8, 4) is 40.1 Å². The second kappa shape index (κ2) is 11.4. The predicted molar refractivity (Wildman–Crippen MR) is 143 cm³/mol. The van der Waals surface area contributed by atoms with Gasteiger partial charge in [0.05, 0.1) is 11.1 Å². The Morgan fingerprint density at radius 2 is 1.76 bits per heavy atom. The van der Waals surface area contributed by atoms with E-state index in [2.05, 4.69) is 30.0 Å². The monoisotopic (exact) mass is 511 g/mol. The zero-order chi connectivity index (χ0) is 26.5. The normalized spacial score (nSPS) is 14.8. The second-order valence-corrected chi connectivity index (χ2v) is 9.42. The number of carboxylic acid groups (broad SMARTS) is 1. The number of ether oxygens (including phenoxy) is 2. The van der Waals surface area contributed by atoms with Gasteiger partial charge in [-0.05, 0) is 73.8 Å². The van der Waals surface area contributed by atoms with Crippen LogP contribution in [0.5, 0.6) is 11.5 Å². The molecule has 0 atom stereocenters. The summed E-state index contributed by atoms with van der Waals surface area (Å²) in [6.07, 6.45) is 3.87. The van der Waals surface area contributed by atoms with Gasteiger partial charge in [-0.15, -0.1) is 0 Å². The number of nitrogens with zero attached hydrogens (tertiary/aromatic N) is 3. The fraction of sp³-hybridized carbons (Fsp3) is 0.300. The van der Waals surface area contributed by atoms with Crippen LogP contribution in [0.25, 0.3) is 33.7 Å². The average molecular weight is 512 g/mol. The van der Waals surface area contributed by atoms with Crippen LogP contribution in [0.4, 0.5) is 0 Å². The summed E-state index contributed by atoms with van der Waals surface area (Å²) >= 11 is 0. The third kappa shape index (κ3) is 5.20. The number of piperidine rings is 1. The predicted octanol–water partition coefficient (Wildman–Crippen LogP) is 5.80. The number of aromatic nitrogens is 1. The number of nitriles is 1. The Kier molecular flexibility index (Phi) is 7.57. The van der Waals surface area contributed by atoms with E-state index in [-0.39, 0.29) is 6.47 Å². The van der Waals surface area contributed by atoms with Crippen molar-refractivity contribution in [2.75, 3.05) is 26.3 Å². The number of fused-ring (bicyclic) bond motifs is 2. The molecule has 38 heavy (non-hydrogen) atoms. The van der Waals surface area contributed by atoms with Crippen molar-refractivity contribution in [1.82, 2.24) is 9.88 Å². The number of hydrogen-bond acceptors (Lipinski definition) is 7. The van der Waals surface area contributed by atoms with Crippen LogP contribution in [0.3, 0.4) is 0 Å². The smallest absolute Gasteiger partial charge is 0.290 e. The molecule has 0 saturated carbocycles. The summed E-state index contributed by atoms with van der Waals surface area (Å²) in [6, 6.07) is 18.3. The van der Waals surface area contributed by atoms with Crippen LogP contribution in [0, 0.1) is 18.3 Å². The third-order valence-electron chi connectivity index (χ3n) is 6.85. The van der Waals surface area contributed by atoms with Crippen molar-refractivity contribution >= 4 is 17.6 Å². The Morgan fingerprint density at radius 3 is 2.53 bits per heavy atom. The molecule has 0 unspecified atom stereocenters. The number of carbonyl (C=O) groups is 1. The zero-order valence-corrected chi connectivity index (χ0v) is 21.3. The van der Waals surface area contributed by atoms with E-state index in [1.54, 1.807) is 0 Å². The highest BCUT2D eigenvalue weighted by Gasteiger charge is 2.20. The van der Waals surface area contributed by atoms with Crippen LogP contribution in [-0.4, -0.2) is 47.8 Å². The fourth-order valence-corrected chi connectivity index (χ4v) is 5.16. The number of oxazole rings is 1. The Labute approximate surface area is 221 Å². The van der Waals surface area contributed by atoms with Crippen molar-refractivity contribution in [1.29, 1.82) is 5.26 Å².